The highest BCUT2D eigenvalue weighted by Gasteiger charge is 2.07. The van der Waals surface area contributed by atoms with E-state index in [0.29, 0.717) is 0 Å². The molecule has 0 bridgehead atoms. The summed E-state index contributed by atoms with van der Waals surface area (Å²) in [4.78, 5) is 9.07. The molecule has 0 amide bonds. The Morgan fingerprint density at radius 1 is 1.33 bits per heavy atom. The summed E-state index contributed by atoms with van der Waals surface area (Å²) in [6, 6.07) is 1.95. The number of unbranched alkanes of at least 4 members (excludes halogenated alkanes) is 1. The molecule has 0 aliphatic rings. The average molecular weight is 245 g/mol. The van der Waals surface area contributed by atoms with Gasteiger partial charge in [-0.3, -0.25) is 4.68 Å². The Labute approximate surface area is 107 Å². The lowest BCUT2D eigenvalue weighted by Gasteiger charge is -2.06. The SMILES string of the molecule is CCCCc1nc(NC)cc(-c2cnn(C)c2)n1. The Kier molecular flexibility index (Phi) is 3.92. The lowest BCUT2D eigenvalue weighted by Crippen LogP contribution is -2.01. The summed E-state index contributed by atoms with van der Waals surface area (Å²) in [5.41, 5.74) is 1.95. The van der Waals surface area contributed by atoms with Gasteiger partial charge in [-0.15, -0.1) is 0 Å². The van der Waals surface area contributed by atoms with Crippen LogP contribution in [0.4, 0.5) is 5.82 Å². The number of nitrogens with zero attached hydrogens (tertiary/aromatic N) is 4. The second-order valence-corrected chi connectivity index (χ2v) is 4.31. The highest BCUT2D eigenvalue weighted by atomic mass is 15.2. The van der Waals surface area contributed by atoms with E-state index in [2.05, 4.69) is 27.3 Å². The van der Waals surface area contributed by atoms with Gasteiger partial charge in [0.05, 0.1) is 11.9 Å². The first-order chi connectivity index (χ1) is 8.72. The maximum absolute atomic E-state index is 4.60. The Bertz CT molecular complexity index is 518. The van der Waals surface area contributed by atoms with Crippen LogP contribution in [-0.2, 0) is 13.5 Å². The molecule has 0 saturated heterocycles. The molecule has 2 rings (SSSR count). The second-order valence-electron chi connectivity index (χ2n) is 4.31. The Hall–Kier alpha value is -1.91. The van der Waals surface area contributed by atoms with Crippen molar-refractivity contribution in [1.82, 2.24) is 19.7 Å². The summed E-state index contributed by atoms with van der Waals surface area (Å²) in [5.74, 6) is 1.75. The highest BCUT2D eigenvalue weighted by molar-refractivity contribution is 5.60. The molecule has 5 heteroatoms. The van der Waals surface area contributed by atoms with Gasteiger partial charge in [0.25, 0.3) is 0 Å². The standard InChI is InChI=1S/C13H19N5/c1-4-5-6-12-16-11(7-13(14-2)17-12)10-8-15-18(3)9-10/h7-9H,4-6H2,1-3H3,(H,14,16,17). The van der Waals surface area contributed by atoms with Crippen LogP contribution >= 0.6 is 0 Å². The van der Waals surface area contributed by atoms with Gasteiger partial charge in [0.15, 0.2) is 0 Å². The zero-order valence-electron chi connectivity index (χ0n) is 11.1. The summed E-state index contributed by atoms with van der Waals surface area (Å²) in [7, 11) is 3.78. The predicted octanol–water partition coefficient (Wildman–Crippen LogP) is 2.26. The van der Waals surface area contributed by atoms with Gasteiger partial charge in [-0.25, -0.2) is 9.97 Å². The lowest BCUT2D eigenvalue weighted by atomic mass is 10.2. The molecule has 2 aromatic rings. The summed E-state index contributed by atoms with van der Waals surface area (Å²) >= 11 is 0. The van der Waals surface area contributed by atoms with Crippen LogP contribution < -0.4 is 5.32 Å². The van der Waals surface area contributed by atoms with Gasteiger partial charge >= 0.3 is 0 Å². The van der Waals surface area contributed by atoms with Gasteiger partial charge in [-0.05, 0) is 6.42 Å². The third kappa shape index (κ3) is 2.85. The van der Waals surface area contributed by atoms with Crippen LogP contribution in [0.5, 0.6) is 0 Å². The molecule has 1 N–H and O–H groups in total. The topological polar surface area (TPSA) is 55.6 Å². The molecule has 96 valence electrons. The number of rotatable bonds is 5. The Morgan fingerprint density at radius 2 is 2.17 bits per heavy atom. The summed E-state index contributed by atoms with van der Waals surface area (Å²) in [6.45, 7) is 2.17. The highest BCUT2D eigenvalue weighted by Crippen LogP contribution is 2.19. The molecule has 0 fully saturated rings. The number of hydrogen-bond acceptors (Lipinski definition) is 4. The molecule has 0 aliphatic heterocycles. The van der Waals surface area contributed by atoms with E-state index in [9.17, 15) is 0 Å². The van der Waals surface area contributed by atoms with E-state index in [1.54, 1.807) is 4.68 Å². The monoisotopic (exact) mass is 245 g/mol. The van der Waals surface area contributed by atoms with Gasteiger partial charge in [0, 0.05) is 38.3 Å². The normalized spacial score (nSPS) is 10.6. The van der Waals surface area contributed by atoms with Crippen molar-refractivity contribution >= 4 is 5.82 Å². The van der Waals surface area contributed by atoms with Gasteiger partial charge in [0.1, 0.15) is 11.6 Å². The third-order valence-electron chi connectivity index (χ3n) is 2.78. The Morgan fingerprint density at radius 3 is 2.78 bits per heavy atom. The van der Waals surface area contributed by atoms with Crippen molar-refractivity contribution in [3.63, 3.8) is 0 Å². The van der Waals surface area contributed by atoms with Crippen molar-refractivity contribution in [2.45, 2.75) is 26.2 Å². The molecule has 2 heterocycles. The van der Waals surface area contributed by atoms with Gasteiger partial charge < -0.3 is 5.32 Å². The second kappa shape index (κ2) is 5.62. The largest absolute Gasteiger partial charge is 0.373 e. The van der Waals surface area contributed by atoms with E-state index in [0.717, 1.165) is 42.2 Å². The first-order valence-electron chi connectivity index (χ1n) is 6.27. The molecule has 2 aromatic heterocycles. The van der Waals surface area contributed by atoms with Crippen LogP contribution in [0.1, 0.15) is 25.6 Å². The summed E-state index contributed by atoms with van der Waals surface area (Å²) in [6.07, 6.45) is 6.96. The molecule has 0 aliphatic carbocycles. The molecule has 0 radical (unpaired) electrons. The van der Waals surface area contributed by atoms with Crippen LogP contribution in [0.2, 0.25) is 0 Å². The molecule has 0 spiro atoms. The first kappa shape index (κ1) is 12.5. The maximum atomic E-state index is 4.60. The van der Waals surface area contributed by atoms with E-state index in [1.807, 2.05) is 32.6 Å². The molecule has 18 heavy (non-hydrogen) atoms. The van der Waals surface area contributed by atoms with Crippen molar-refractivity contribution in [2.24, 2.45) is 7.05 Å². The summed E-state index contributed by atoms with van der Waals surface area (Å²) in [5, 5.41) is 7.26. The van der Waals surface area contributed by atoms with E-state index in [4.69, 9.17) is 0 Å². The van der Waals surface area contributed by atoms with Crippen LogP contribution in [0.15, 0.2) is 18.5 Å². The van der Waals surface area contributed by atoms with Crippen molar-refractivity contribution in [3.8, 4) is 11.3 Å². The number of hydrogen-bond donors (Lipinski definition) is 1. The van der Waals surface area contributed by atoms with E-state index < -0.39 is 0 Å². The zero-order chi connectivity index (χ0) is 13.0. The minimum absolute atomic E-state index is 0.856. The molecular weight excluding hydrogens is 226 g/mol. The van der Waals surface area contributed by atoms with E-state index in [1.165, 1.54) is 0 Å². The molecule has 0 saturated carbocycles. The number of nitrogens with one attached hydrogen (secondary N) is 1. The minimum Gasteiger partial charge on any atom is -0.373 e. The molecule has 0 unspecified atom stereocenters. The van der Waals surface area contributed by atoms with Crippen molar-refractivity contribution in [1.29, 1.82) is 0 Å². The maximum Gasteiger partial charge on any atom is 0.131 e. The summed E-state index contributed by atoms with van der Waals surface area (Å²) < 4.78 is 1.78. The lowest BCUT2D eigenvalue weighted by molar-refractivity contribution is 0.754. The smallest absolute Gasteiger partial charge is 0.131 e. The fourth-order valence-corrected chi connectivity index (χ4v) is 1.77. The van der Waals surface area contributed by atoms with Crippen molar-refractivity contribution < 1.29 is 0 Å². The predicted molar refractivity (Wildman–Crippen MR) is 72.4 cm³/mol. The zero-order valence-corrected chi connectivity index (χ0v) is 11.1. The number of aromatic nitrogens is 4. The first-order valence-corrected chi connectivity index (χ1v) is 6.27. The van der Waals surface area contributed by atoms with E-state index >= 15 is 0 Å². The molecule has 5 nitrogen and oxygen atoms in total. The molecule has 0 atom stereocenters. The quantitative estimate of drug-likeness (QED) is 0.878. The Balaban J connectivity index is 2.34. The van der Waals surface area contributed by atoms with Crippen LogP contribution in [0.3, 0.4) is 0 Å². The average Bonchev–Trinajstić information content (AvgIpc) is 2.82. The van der Waals surface area contributed by atoms with Gasteiger partial charge in [-0.1, -0.05) is 13.3 Å². The third-order valence-corrected chi connectivity index (χ3v) is 2.78. The van der Waals surface area contributed by atoms with Crippen LogP contribution in [0.25, 0.3) is 11.3 Å². The van der Waals surface area contributed by atoms with Crippen LogP contribution in [0, 0.1) is 0 Å². The molecule has 0 aromatic carbocycles. The molecular formula is C13H19N5. The van der Waals surface area contributed by atoms with Crippen LogP contribution in [-0.4, -0.2) is 26.8 Å². The fourth-order valence-electron chi connectivity index (χ4n) is 1.77. The van der Waals surface area contributed by atoms with Gasteiger partial charge in [-0.2, -0.15) is 5.10 Å². The van der Waals surface area contributed by atoms with Gasteiger partial charge in [0.2, 0.25) is 0 Å². The van der Waals surface area contributed by atoms with Crippen molar-refractivity contribution in [2.75, 3.05) is 12.4 Å². The number of aryl methyl sites for hydroxylation is 2. The minimum atomic E-state index is 0.856. The van der Waals surface area contributed by atoms with E-state index in [-0.39, 0.29) is 0 Å². The van der Waals surface area contributed by atoms with Crippen molar-refractivity contribution in [3.05, 3.63) is 24.3 Å². The fraction of sp³-hybridized carbons (Fsp3) is 0.462. The number of anilines is 1.